The molecule has 71 heavy (non-hydrogen) atoms. The molecule has 0 fully saturated rings. The normalized spacial score (nSPS) is 13.2. The molecule has 6 heteroatoms. The topological polar surface area (TPSA) is 78.9 Å². The van der Waals surface area contributed by atoms with E-state index < -0.39 is 12.1 Å². The fourth-order valence-electron chi connectivity index (χ4n) is 7.14. The van der Waals surface area contributed by atoms with Crippen LogP contribution in [0.2, 0.25) is 0 Å². The molecule has 1 atom stereocenters. The SMILES string of the molecule is CC/C=C\C/C=C\C/C=C\C/C=C\C/C=C\C/C=C\CCC(=O)OCC(COC(=O)CCCCCCCCC/C=C\CCCCCCCC)OC(=O)CCC/C=C\C/C=C\C/C=C\C/C=C\C/C=C\CC. The van der Waals surface area contributed by atoms with E-state index in [9.17, 15) is 14.4 Å². The van der Waals surface area contributed by atoms with E-state index >= 15 is 0 Å². The van der Waals surface area contributed by atoms with E-state index in [-0.39, 0.29) is 38.0 Å². The molecule has 0 N–H and O–H groups in total. The summed E-state index contributed by atoms with van der Waals surface area (Å²) in [6, 6.07) is 0. The Labute approximate surface area is 436 Å². The smallest absolute Gasteiger partial charge is 0.306 e. The molecule has 0 radical (unpaired) electrons. The summed E-state index contributed by atoms with van der Waals surface area (Å²) >= 11 is 0. The van der Waals surface area contributed by atoms with Crippen LogP contribution < -0.4 is 0 Å². The summed E-state index contributed by atoms with van der Waals surface area (Å²) in [5, 5.41) is 0. The molecule has 0 saturated carbocycles. The maximum atomic E-state index is 12.8. The number of rotatable bonds is 49. The van der Waals surface area contributed by atoms with Crippen LogP contribution >= 0.6 is 0 Å². The second kappa shape index (κ2) is 57.9. The lowest BCUT2D eigenvalue weighted by atomic mass is 10.1. The maximum absolute atomic E-state index is 12.8. The fraction of sp³-hybridized carbons (Fsp3) is 0.585. The predicted molar refractivity (Wildman–Crippen MR) is 306 cm³/mol. The Morgan fingerprint density at radius 3 is 1.00 bits per heavy atom. The van der Waals surface area contributed by atoms with Crippen LogP contribution in [0.25, 0.3) is 0 Å². The highest BCUT2D eigenvalue weighted by atomic mass is 16.6. The van der Waals surface area contributed by atoms with Crippen molar-refractivity contribution in [1.29, 1.82) is 0 Å². The molecule has 0 aliphatic rings. The average Bonchev–Trinajstić information content (AvgIpc) is 3.37. The predicted octanol–water partition coefficient (Wildman–Crippen LogP) is 19.2. The molecule has 0 spiro atoms. The van der Waals surface area contributed by atoms with Crippen LogP contribution in [-0.4, -0.2) is 37.2 Å². The summed E-state index contributed by atoms with van der Waals surface area (Å²) in [6.45, 7) is 6.28. The van der Waals surface area contributed by atoms with Crippen LogP contribution in [0.15, 0.2) is 146 Å². The lowest BCUT2D eigenvalue weighted by molar-refractivity contribution is -0.166. The summed E-state index contributed by atoms with van der Waals surface area (Å²) < 4.78 is 16.7. The summed E-state index contributed by atoms with van der Waals surface area (Å²) in [5.74, 6) is -1.09. The van der Waals surface area contributed by atoms with Crippen molar-refractivity contribution in [2.75, 3.05) is 13.2 Å². The van der Waals surface area contributed by atoms with Gasteiger partial charge < -0.3 is 14.2 Å². The van der Waals surface area contributed by atoms with Gasteiger partial charge in [-0.3, -0.25) is 14.4 Å². The minimum Gasteiger partial charge on any atom is -0.462 e. The lowest BCUT2D eigenvalue weighted by Crippen LogP contribution is -2.30. The Hall–Kier alpha value is -4.71. The third kappa shape index (κ3) is 56.1. The molecule has 0 rings (SSSR count). The highest BCUT2D eigenvalue weighted by molar-refractivity contribution is 5.71. The van der Waals surface area contributed by atoms with Crippen LogP contribution in [0, 0.1) is 0 Å². The Bertz CT molecular complexity index is 1590. The summed E-state index contributed by atoms with van der Waals surface area (Å²) in [5.41, 5.74) is 0. The van der Waals surface area contributed by atoms with Crippen LogP contribution in [0.3, 0.4) is 0 Å². The number of hydrogen-bond donors (Lipinski definition) is 0. The standard InChI is InChI=1S/C65H102O6/c1-4-7-10-13-16-19-22-25-28-31-32-35-37-40-43-46-49-52-55-58-64(67)70-61-62(71-65(68)59-56-53-50-47-44-41-38-34-30-27-24-21-18-15-12-9-6-3)60-69-63(66)57-54-51-48-45-42-39-36-33-29-26-23-20-17-14-11-8-5-2/h7,9-10,12,16,18-19,21,25-30,32,35,38,40-41,43,47,49-50,52,62H,4-6,8,11,13-15,17,20,22-24,31,33-34,36-37,39,42,44-46,48,51,53-61H2,1-3H3/b10-7-,12-9-,19-16-,21-18-,28-25-,29-26-,30-27-,35-32-,41-38-,43-40-,50-47-,52-49-. The van der Waals surface area contributed by atoms with Crippen LogP contribution in [0.4, 0.5) is 0 Å². The minimum atomic E-state index is -0.847. The van der Waals surface area contributed by atoms with Gasteiger partial charge in [-0.25, -0.2) is 0 Å². The number of allylic oxidation sites excluding steroid dienone is 24. The lowest BCUT2D eigenvalue weighted by Gasteiger charge is -2.18. The molecule has 0 aliphatic carbocycles. The molecule has 6 nitrogen and oxygen atoms in total. The maximum Gasteiger partial charge on any atom is 0.306 e. The molecule has 0 aromatic rings. The van der Waals surface area contributed by atoms with Gasteiger partial charge in [-0.2, -0.15) is 0 Å². The van der Waals surface area contributed by atoms with Gasteiger partial charge in [0.05, 0.1) is 0 Å². The third-order valence-corrected chi connectivity index (χ3v) is 11.3. The molecule has 0 aliphatic heterocycles. The second-order valence-corrected chi connectivity index (χ2v) is 18.1. The number of carbonyl (C=O) groups is 3. The Morgan fingerprint density at radius 2 is 0.592 bits per heavy atom. The van der Waals surface area contributed by atoms with E-state index in [1.807, 2.05) is 12.2 Å². The van der Waals surface area contributed by atoms with Crippen molar-refractivity contribution in [2.45, 2.75) is 232 Å². The Morgan fingerprint density at radius 1 is 0.296 bits per heavy atom. The first-order valence-electron chi connectivity index (χ1n) is 28.3. The highest BCUT2D eigenvalue weighted by Crippen LogP contribution is 2.13. The molecule has 1 unspecified atom stereocenters. The van der Waals surface area contributed by atoms with E-state index in [0.717, 1.165) is 96.3 Å². The van der Waals surface area contributed by atoms with Crippen molar-refractivity contribution in [3.63, 3.8) is 0 Å². The Kier molecular flexibility index (Phi) is 54.0. The zero-order valence-corrected chi connectivity index (χ0v) is 45.4. The molecule has 0 amide bonds. The second-order valence-electron chi connectivity index (χ2n) is 18.1. The van der Waals surface area contributed by atoms with E-state index in [2.05, 4.69) is 154 Å². The van der Waals surface area contributed by atoms with Crippen LogP contribution in [0.1, 0.15) is 226 Å². The van der Waals surface area contributed by atoms with Gasteiger partial charge in [0.2, 0.25) is 0 Å². The summed E-state index contributed by atoms with van der Waals surface area (Å²) in [7, 11) is 0. The van der Waals surface area contributed by atoms with E-state index in [1.54, 1.807) is 0 Å². The highest BCUT2D eigenvalue weighted by Gasteiger charge is 2.19. The molecule has 0 heterocycles. The molecule has 0 bridgehead atoms. The van der Waals surface area contributed by atoms with Gasteiger partial charge in [0.1, 0.15) is 13.2 Å². The first-order valence-corrected chi connectivity index (χ1v) is 28.3. The first-order chi connectivity index (χ1) is 35.0. The van der Waals surface area contributed by atoms with E-state index in [0.29, 0.717) is 19.3 Å². The van der Waals surface area contributed by atoms with Crippen LogP contribution in [-0.2, 0) is 28.6 Å². The van der Waals surface area contributed by atoms with Crippen LogP contribution in [0.5, 0.6) is 0 Å². The van der Waals surface area contributed by atoms with Gasteiger partial charge in [-0.15, -0.1) is 0 Å². The van der Waals surface area contributed by atoms with Gasteiger partial charge in [-0.1, -0.05) is 231 Å². The van der Waals surface area contributed by atoms with Gasteiger partial charge in [-0.05, 0) is 122 Å². The quantitative estimate of drug-likeness (QED) is 0.0262. The molecular formula is C65H102O6. The van der Waals surface area contributed by atoms with Gasteiger partial charge >= 0.3 is 17.9 Å². The van der Waals surface area contributed by atoms with Crippen molar-refractivity contribution >= 4 is 17.9 Å². The third-order valence-electron chi connectivity index (χ3n) is 11.3. The van der Waals surface area contributed by atoms with Gasteiger partial charge in [0.15, 0.2) is 6.10 Å². The fourth-order valence-corrected chi connectivity index (χ4v) is 7.14. The molecule has 398 valence electrons. The van der Waals surface area contributed by atoms with Crippen molar-refractivity contribution in [3.8, 4) is 0 Å². The molecule has 0 saturated heterocycles. The molecule has 0 aromatic heterocycles. The Balaban J connectivity index is 4.62. The molecule has 0 aromatic carbocycles. The van der Waals surface area contributed by atoms with Crippen molar-refractivity contribution in [3.05, 3.63) is 146 Å². The number of unbranched alkanes of at least 4 members (excludes halogenated alkanes) is 14. The number of esters is 3. The largest absolute Gasteiger partial charge is 0.462 e. The average molecular weight is 980 g/mol. The van der Waals surface area contributed by atoms with E-state index in [1.165, 1.54) is 77.0 Å². The van der Waals surface area contributed by atoms with Crippen molar-refractivity contribution in [2.24, 2.45) is 0 Å². The summed E-state index contributed by atoms with van der Waals surface area (Å²) in [4.78, 5) is 38.1. The number of hydrogen-bond acceptors (Lipinski definition) is 6. The number of ether oxygens (including phenoxy) is 3. The molecular weight excluding hydrogens is 877 g/mol. The van der Waals surface area contributed by atoms with E-state index in [4.69, 9.17) is 14.2 Å². The van der Waals surface area contributed by atoms with Gasteiger partial charge in [0.25, 0.3) is 0 Å². The summed E-state index contributed by atoms with van der Waals surface area (Å²) in [6.07, 6.45) is 82.8. The zero-order valence-electron chi connectivity index (χ0n) is 45.4. The zero-order chi connectivity index (χ0) is 51.4. The number of carbonyl (C=O) groups excluding carboxylic acids is 3. The first kappa shape index (κ1) is 66.3. The monoisotopic (exact) mass is 979 g/mol. The minimum absolute atomic E-state index is 0.132. The van der Waals surface area contributed by atoms with Crippen molar-refractivity contribution < 1.29 is 28.6 Å². The van der Waals surface area contributed by atoms with Crippen molar-refractivity contribution in [1.82, 2.24) is 0 Å². The van der Waals surface area contributed by atoms with Gasteiger partial charge in [0, 0.05) is 19.3 Å².